The first-order chi connectivity index (χ1) is 21.4. The Kier molecular flexibility index (Phi) is 15.9. The van der Waals surface area contributed by atoms with E-state index in [0.717, 1.165) is 64.5 Å². The molecule has 2 saturated heterocycles. The lowest BCUT2D eigenvalue weighted by atomic mass is 9.85. The van der Waals surface area contributed by atoms with Crippen LogP contribution in [0, 0.1) is 5.92 Å². The van der Waals surface area contributed by atoms with Crippen LogP contribution in [0.15, 0.2) is 46.5 Å². The van der Waals surface area contributed by atoms with E-state index < -0.39 is 12.5 Å². The van der Waals surface area contributed by atoms with E-state index in [1.807, 2.05) is 36.5 Å². The second-order valence-electron chi connectivity index (χ2n) is 11.3. The zero-order chi connectivity index (χ0) is 31.7. The summed E-state index contributed by atoms with van der Waals surface area (Å²) in [5, 5.41) is 6.58. The van der Waals surface area contributed by atoms with Crippen LogP contribution in [-0.4, -0.2) is 128 Å². The van der Waals surface area contributed by atoms with E-state index in [0.29, 0.717) is 42.7 Å². The predicted octanol–water partition coefficient (Wildman–Crippen LogP) is 4.16. The Morgan fingerprint density at radius 3 is 2.25 bits per heavy atom. The number of morpholine rings is 2. The van der Waals surface area contributed by atoms with Gasteiger partial charge in [0, 0.05) is 73.3 Å². The fraction of sp³-hybridized carbons (Fsp3) is 0.688. The normalized spacial score (nSPS) is 22.9. The molecule has 4 rings (SSSR count). The van der Waals surface area contributed by atoms with E-state index in [1.165, 1.54) is 19.8 Å². The monoisotopic (exact) mass is 621 g/mol. The van der Waals surface area contributed by atoms with Gasteiger partial charge in [0.1, 0.15) is 5.84 Å². The van der Waals surface area contributed by atoms with Gasteiger partial charge in [-0.05, 0) is 56.7 Å². The highest BCUT2D eigenvalue weighted by molar-refractivity contribution is 6.12. The second-order valence-corrected chi connectivity index (χ2v) is 11.3. The number of benzene rings is 1. The fourth-order valence-electron chi connectivity index (χ4n) is 5.80. The second kappa shape index (κ2) is 19.6. The van der Waals surface area contributed by atoms with Crippen molar-refractivity contribution in [1.82, 2.24) is 15.1 Å². The largest absolute Gasteiger partial charge is 0.388 e. The predicted molar refractivity (Wildman–Crippen MR) is 175 cm³/mol. The number of aliphatic imine (C=N–C) groups is 2. The van der Waals surface area contributed by atoms with Crippen molar-refractivity contribution in [3.8, 4) is 0 Å². The molecular weight excluding hydrogens is 568 g/mol. The van der Waals surface area contributed by atoms with Gasteiger partial charge >= 0.3 is 0 Å². The summed E-state index contributed by atoms with van der Waals surface area (Å²) >= 11 is 0. The van der Waals surface area contributed by atoms with Gasteiger partial charge in [0.2, 0.25) is 5.96 Å². The Morgan fingerprint density at radius 2 is 1.66 bits per heavy atom. The molecule has 1 aromatic rings. The maximum absolute atomic E-state index is 14.3. The van der Waals surface area contributed by atoms with Gasteiger partial charge in [0.25, 0.3) is 6.43 Å². The number of hydrogen-bond acceptors (Lipinski definition) is 7. The third-order valence-electron chi connectivity index (χ3n) is 8.29. The summed E-state index contributed by atoms with van der Waals surface area (Å²) in [6, 6.07) is 6.98. The maximum atomic E-state index is 14.3. The number of guanidine groups is 1. The van der Waals surface area contributed by atoms with Crippen LogP contribution >= 0.6 is 0 Å². The molecule has 0 aromatic heterocycles. The summed E-state index contributed by atoms with van der Waals surface area (Å²) in [7, 11) is 6.73. The number of anilines is 2. The molecular formula is C32H53F2N7O3. The highest BCUT2D eigenvalue weighted by Crippen LogP contribution is 2.30. The van der Waals surface area contributed by atoms with Crippen molar-refractivity contribution in [2.45, 2.75) is 51.1 Å². The van der Waals surface area contributed by atoms with Crippen molar-refractivity contribution in [3.63, 3.8) is 0 Å². The van der Waals surface area contributed by atoms with E-state index in [-0.39, 0.29) is 0 Å². The molecule has 1 unspecified atom stereocenters. The molecule has 248 valence electrons. The van der Waals surface area contributed by atoms with Crippen molar-refractivity contribution >= 4 is 23.2 Å². The van der Waals surface area contributed by atoms with Gasteiger partial charge in [0.05, 0.1) is 43.8 Å². The number of hydrogen-bond donors (Lipinski definition) is 2. The summed E-state index contributed by atoms with van der Waals surface area (Å²) in [4.78, 5) is 15.6. The number of alkyl halides is 2. The number of methoxy groups -OCH3 is 1. The van der Waals surface area contributed by atoms with Gasteiger partial charge in [-0.15, -0.1) is 0 Å². The van der Waals surface area contributed by atoms with Crippen LogP contribution in [-0.2, 0) is 14.2 Å². The maximum Gasteiger partial charge on any atom is 0.258 e. The van der Waals surface area contributed by atoms with Crippen LogP contribution in [0.25, 0.3) is 0 Å². The minimum Gasteiger partial charge on any atom is -0.388 e. The Hall–Kier alpha value is -2.80. The number of para-hydroxylation sites is 2. The van der Waals surface area contributed by atoms with Crippen molar-refractivity contribution in [2.75, 3.05) is 97.7 Å². The lowest BCUT2D eigenvalue weighted by Crippen LogP contribution is -2.46. The zero-order valence-corrected chi connectivity index (χ0v) is 27.2. The van der Waals surface area contributed by atoms with Crippen LogP contribution in [0.1, 0.15) is 32.6 Å². The van der Waals surface area contributed by atoms with Crippen molar-refractivity contribution in [1.29, 1.82) is 0 Å². The SMILES string of the molecule is CN=C(/N=C(\C=C\N1CCOCC1)N(c1ccccc1NC)C(C)C(F)F)NCC1CCC(N2CCOCC2)CC1.COC. The number of rotatable bonds is 9. The van der Waals surface area contributed by atoms with E-state index in [9.17, 15) is 8.78 Å². The van der Waals surface area contributed by atoms with Crippen molar-refractivity contribution < 1.29 is 23.0 Å². The summed E-state index contributed by atoms with van der Waals surface area (Å²) in [6.07, 6.45) is 5.81. The van der Waals surface area contributed by atoms with Crippen molar-refractivity contribution in [2.24, 2.45) is 15.9 Å². The summed E-state index contributed by atoms with van der Waals surface area (Å²) < 4.78 is 43.9. The molecule has 10 nitrogen and oxygen atoms in total. The standard InChI is InChI=1S/C30H47F2N7O2.C2H6O/c1-23(29(31)32)39(27-7-5-4-6-26(27)33-2)28(12-13-37-14-18-40-19-15-37)36-30(34-3)35-22-24-8-10-25(11-9-24)38-16-20-41-21-17-38;1-3-2/h4-7,12-13,23-25,29,33H,8-11,14-22H2,1-3H3,(H,34,35);1-2H3/b13-12+,36-28+;. The topological polar surface area (TPSA) is 86.2 Å². The average Bonchev–Trinajstić information content (AvgIpc) is 3.07. The smallest absolute Gasteiger partial charge is 0.258 e. The number of halogens is 2. The van der Waals surface area contributed by atoms with E-state index in [1.54, 1.807) is 33.2 Å². The molecule has 0 amide bonds. The highest BCUT2D eigenvalue weighted by Gasteiger charge is 2.29. The van der Waals surface area contributed by atoms with Crippen LogP contribution in [0.4, 0.5) is 20.2 Å². The number of nitrogens with zero attached hydrogens (tertiary/aromatic N) is 5. The molecule has 3 aliphatic rings. The summed E-state index contributed by atoms with van der Waals surface area (Å²) in [6.45, 7) is 8.74. The van der Waals surface area contributed by atoms with Crippen LogP contribution in [0.3, 0.4) is 0 Å². The molecule has 2 aliphatic heterocycles. The van der Waals surface area contributed by atoms with Crippen molar-refractivity contribution in [3.05, 3.63) is 36.5 Å². The molecule has 2 heterocycles. The average molecular weight is 622 g/mol. The Bertz CT molecular complexity index is 1040. The minimum absolute atomic E-state index is 0.399. The lowest BCUT2D eigenvalue weighted by Gasteiger charge is -2.38. The van der Waals surface area contributed by atoms with Gasteiger partial charge in [-0.2, -0.15) is 4.99 Å². The highest BCUT2D eigenvalue weighted by atomic mass is 19.3. The minimum atomic E-state index is -2.58. The quantitative estimate of drug-likeness (QED) is 0.314. The first-order valence-corrected chi connectivity index (χ1v) is 15.8. The molecule has 0 spiro atoms. The first kappa shape index (κ1) is 35.7. The first-order valence-electron chi connectivity index (χ1n) is 15.8. The van der Waals surface area contributed by atoms with Gasteiger partial charge in [-0.3, -0.25) is 9.89 Å². The number of nitrogens with one attached hydrogen (secondary N) is 2. The van der Waals surface area contributed by atoms with Gasteiger partial charge in [-0.25, -0.2) is 8.78 Å². The third-order valence-corrected chi connectivity index (χ3v) is 8.29. The van der Waals surface area contributed by atoms with E-state index in [4.69, 9.17) is 14.5 Å². The molecule has 0 bridgehead atoms. The molecule has 1 aliphatic carbocycles. The summed E-state index contributed by atoms with van der Waals surface area (Å²) in [5.74, 6) is 1.36. The molecule has 0 radical (unpaired) electrons. The number of ether oxygens (including phenoxy) is 3. The lowest BCUT2D eigenvalue weighted by molar-refractivity contribution is 0.00512. The van der Waals surface area contributed by atoms with E-state index in [2.05, 4.69) is 30.2 Å². The summed E-state index contributed by atoms with van der Waals surface area (Å²) in [5.41, 5.74) is 1.37. The molecule has 44 heavy (non-hydrogen) atoms. The molecule has 12 heteroatoms. The van der Waals surface area contributed by atoms with E-state index >= 15 is 0 Å². The molecule has 1 aromatic carbocycles. The molecule has 1 saturated carbocycles. The van der Waals surface area contributed by atoms with Gasteiger partial charge in [0.15, 0.2) is 0 Å². The zero-order valence-electron chi connectivity index (χ0n) is 27.2. The Labute approximate surface area is 262 Å². The number of amidine groups is 1. The van der Waals surface area contributed by atoms with Crippen LogP contribution in [0.5, 0.6) is 0 Å². The molecule has 3 fully saturated rings. The van der Waals surface area contributed by atoms with Gasteiger partial charge in [-0.1, -0.05) is 12.1 Å². The molecule has 2 N–H and O–H groups in total. The van der Waals surface area contributed by atoms with Crippen LogP contribution < -0.4 is 15.5 Å². The fourth-order valence-corrected chi connectivity index (χ4v) is 5.80. The Balaban J connectivity index is 0.00000169. The third kappa shape index (κ3) is 11.0. The van der Waals surface area contributed by atoms with Crippen LogP contribution in [0.2, 0.25) is 0 Å². The molecule has 1 atom stereocenters. The Morgan fingerprint density at radius 1 is 1.05 bits per heavy atom. The van der Waals surface area contributed by atoms with Gasteiger partial charge < -0.3 is 34.6 Å².